The monoisotopic (exact) mass is 260 g/mol. The Morgan fingerprint density at radius 1 is 1.26 bits per heavy atom. The van der Waals surface area contributed by atoms with Crippen LogP contribution in [0, 0.1) is 11.8 Å². The molecule has 2 nitrogen and oxygen atoms in total. The smallest absolute Gasteiger partial charge is 0.0728 e. The van der Waals surface area contributed by atoms with E-state index < -0.39 is 5.60 Å². The van der Waals surface area contributed by atoms with Gasteiger partial charge in [0.2, 0.25) is 0 Å². The van der Waals surface area contributed by atoms with Gasteiger partial charge in [0.15, 0.2) is 0 Å². The molecule has 1 saturated carbocycles. The fourth-order valence-electron chi connectivity index (χ4n) is 3.52. The van der Waals surface area contributed by atoms with Crippen LogP contribution in [0.25, 0.3) is 0 Å². The Hall–Kier alpha value is -0.860. The number of hydrogen-bond acceptors (Lipinski definition) is 2. The molecule has 0 bridgehead atoms. The standard InChI is InChI=1S/C17H24O2/c1-12(2)16-11-17(18,8-9-19-16)15-10-14(15)13-6-4-3-5-7-13/h3-7,12,14-16,18H,8-11H2,1-2H3. The fourth-order valence-corrected chi connectivity index (χ4v) is 3.52. The second kappa shape index (κ2) is 4.92. The average Bonchev–Trinajstić information content (AvgIpc) is 3.21. The van der Waals surface area contributed by atoms with E-state index in [0.29, 0.717) is 24.4 Å². The van der Waals surface area contributed by atoms with Crippen LogP contribution in [-0.2, 0) is 4.74 Å². The lowest BCUT2D eigenvalue weighted by atomic mass is 9.81. The highest BCUT2D eigenvalue weighted by Gasteiger charge is 2.54. The SMILES string of the molecule is CC(C)C1CC(O)(C2CC2c2ccccc2)CCO1. The first-order chi connectivity index (χ1) is 9.10. The van der Waals surface area contributed by atoms with E-state index in [1.165, 1.54) is 5.56 Å². The van der Waals surface area contributed by atoms with Crippen LogP contribution in [-0.4, -0.2) is 23.4 Å². The molecule has 0 aromatic heterocycles. The molecule has 1 aliphatic carbocycles. The van der Waals surface area contributed by atoms with Crippen molar-refractivity contribution in [3.63, 3.8) is 0 Å². The molecule has 0 radical (unpaired) electrons. The number of rotatable bonds is 3. The third kappa shape index (κ3) is 2.56. The van der Waals surface area contributed by atoms with Crippen molar-refractivity contribution in [1.82, 2.24) is 0 Å². The summed E-state index contributed by atoms with van der Waals surface area (Å²) in [6.07, 6.45) is 2.95. The zero-order valence-electron chi connectivity index (χ0n) is 11.9. The molecule has 2 heteroatoms. The largest absolute Gasteiger partial charge is 0.389 e. The average molecular weight is 260 g/mol. The Bertz CT molecular complexity index is 428. The number of ether oxygens (including phenoxy) is 1. The minimum absolute atomic E-state index is 0.218. The third-order valence-corrected chi connectivity index (χ3v) is 4.87. The van der Waals surface area contributed by atoms with Crippen LogP contribution in [0.15, 0.2) is 30.3 Å². The van der Waals surface area contributed by atoms with E-state index in [9.17, 15) is 5.11 Å². The topological polar surface area (TPSA) is 29.5 Å². The number of hydrogen-bond donors (Lipinski definition) is 1. The van der Waals surface area contributed by atoms with Gasteiger partial charge in [-0.3, -0.25) is 0 Å². The van der Waals surface area contributed by atoms with Crippen molar-refractivity contribution < 1.29 is 9.84 Å². The van der Waals surface area contributed by atoms with Crippen molar-refractivity contribution in [2.45, 2.75) is 50.7 Å². The summed E-state index contributed by atoms with van der Waals surface area (Å²) in [7, 11) is 0. The summed E-state index contributed by atoms with van der Waals surface area (Å²) in [5.74, 6) is 1.47. The van der Waals surface area contributed by atoms with Crippen molar-refractivity contribution in [2.75, 3.05) is 6.61 Å². The summed E-state index contributed by atoms with van der Waals surface area (Å²) >= 11 is 0. The molecule has 1 aliphatic heterocycles. The summed E-state index contributed by atoms with van der Waals surface area (Å²) in [5, 5.41) is 11.0. The van der Waals surface area contributed by atoms with Crippen LogP contribution in [0.1, 0.15) is 44.6 Å². The Kier molecular flexibility index (Phi) is 3.40. The second-order valence-corrected chi connectivity index (χ2v) is 6.57. The fraction of sp³-hybridized carbons (Fsp3) is 0.647. The molecule has 0 amide bonds. The zero-order chi connectivity index (χ0) is 13.5. The lowest BCUT2D eigenvalue weighted by molar-refractivity contribution is -0.127. The van der Waals surface area contributed by atoms with Gasteiger partial charge in [-0.15, -0.1) is 0 Å². The first-order valence-electron chi connectivity index (χ1n) is 7.49. The maximum absolute atomic E-state index is 11.0. The Labute approximate surface area is 115 Å². The number of aliphatic hydroxyl groups is 1. The zero-order valence-corrected chi connectivity index (χ0v) is 11.9. The normalized spacial score (nSPS) is 38.4. The van der Waals surface area contributed by atoms with Gasteiger partial charge in [-0.2, -0.15) is 0 Å². The predicted octanol–water partition coefficient (Wildman–Crippen LogP) is 3.36. The summed E-state index contributed by atoms with van der Waals surface area (Å²) < 4.78 is 5.79. The third-order valence-electron chi connectivity index (χ3n) is 4.87. The molecule has 1 N–H and O–H groups in total. The summed E-state index contributed by atoms with van der Waals surface area (Å²) in [6.45, 7) is 5.06. The lowest BCUT2D eigenvalue weighted by Crippen LogP contribution is -2.44. The summed E-state index contributed by atoms with van der Waals surface area (Å²) in [5.41, 5.74) is 0.877. The van der Waals surface area contributed by atoms with Crippen molar-refractivity contribution >= 4 is 0 Å². The van der Waals surface area contributed by atoms with Gasteiger partial charge in [-0.1, -0.05) is 44.2 Å². The van der Waals surface area contributed by atoms with Crippen molar-refractivity contribution in [3.05, 3.63) is 35.9 Å². The van der Waals surface area contributed by atoms with Crippen LogP contribution in [0.2, 0.25) is 0 Å². The van der Waals surface area contributed by atoms with Crippen molar-refractivity contribution in [3.8, 4) is 0 Å². The minimum Gasteiger partial charge on any atom is -0.389 e. The summed E-state index contributed by atoms with van der Waals surface area (Å²) in [4.78, 5) is 0. The Balaban J connectivity index is 1.70. The van der Waals surface area contributed by atoms with Gasteiger partial charge in [-0.05, 0) is 36.2 Å². The van der Waals surface area contributed by atoms with E-state index in [4.69, 9.17) is 4.74 Å². The molecule has 4 unspecified atom stereocenters. The molecule has 4 atom stereocenters. The van der Waals surface area contributed by atoms with Gasteiger partial charge in [0.05, 0.1) is 11.7 Å². The Morgan fingerprint density at radius 3 is 2.68 bits per heavy atom. The molecule has 2 aliphatic rings. The molecule has 1 saturated heterocycles. The molecular formula is C17H24O2. The van der Waals surface area contributed by atoms with Crippen LogP contribution in [0.3, 0.4) is 0 Å². The van der Waals surface area contributed by atoms with E-state index in [-0.39, 0.29) is 6.10 Å². The summed E-state index contributed by atoms with van der Waals surface area (Å²) in [6, 6.07) is 10.6. The Morgan fingerprint density at radius 2 is 2.00 bits per heavy atom. The molecule has 104 valence electrons. The van der Waals surface area contributed by atoms with E-state index >= 15 is 0 Å². The maximum Gasteiger partial charge on any atom is 0.0728 e. The van der Waals surface area contributed by atoms with Gasteiger partial charge in [0.25, 0.3) is 0 Å². The molecule has 2 fully saturated rings. The van der Waals surface area contributed by atoms with E-state index in [0.717, 1.165) is 19.3 Å². The predicted molar refractivity (Wildman–Crippen MR) is 76.1 cm³/mol. The highest BCUT2D eigenvalue weighted by atomic mass is 16.5. The number of benzene rings is 1. The van der Waals surface area contributed by atoms with Crippen LogP contribution in [0.5, 0.6) is 0 Å². The van der Waals surface area contributed by atoms with Crippen molar-refractivity contribution in [1.29, 1.82) is 0 Å². The lowest BCUT2D eigenvalue weighted by Gasteiger charge is -2.39. The molecular weight excluding hydrogens is 236 g/mol. The van der Waals surface area contributed by atoms with Gasteiger partial charge in [0, 0.05) is 13.0 Å². The van der Waals surface area contributed by atoms with Gasteiger partial charge >= 0.3 is 0 Å². The molecule has 19 heavy (non-hydrogen) atoms. The highest BCUT2D eigenvalue weighted by molar-refractivity contribution is 5.28. The first-order valence-corrected chi connectivity index (χ1v) is 7.49. The molecule has 3 rings (SSSR count). The van der Waals surface area contributed by atoms with Crippen molar-refractivity contribution in [2.24, 2.45) is 11.8 Å². The first kappa shape index (κ1) is 13.1. The van der Waals surface area contributed by atoms with Gasteiger partial charge < -0.3 is 9.84 Å². The van der Waals surface area contributed by atoms with E-state index in [2.05, 4.69) is 44.2 Å². The molecule has 1 heterocycles. The highest BCUT2D eigenvalue weighted by Crippen LogP contribution is 2.56. The van der Waals surface area contributed by atoms with Crippen LogP contribution in [0.4, 0.5) is 0 Å². The minimum atomic E-state index is -0.506. The molecule has 1 aromatic rings. The van der Waals surface area contributed by atoms with Crippen LogP contribution < -0.4 is 0 Å². The van der Waals surface area contributed by atoms with E-state index in [1.807, 2.05) is 0 Å². The van der Waals surface area contributed by atoms with Crippen LogP contribution >= 0.6 is 0 Å². The van der Waals surface area contributed by atoms with Gasteiger partial charge in [0.1, 0.15) is 0 Å². The maximum atomic E-state index is 11.0. The molecule has 1 aromatic carbocycles. The van der Waals surface area contributed by atoms with Gasteiger partial charge in [-0.25, -0.2) is 0 Å². The molecule has 0 spiro atoms. The van der Waals surface area contributed by atoms with E-state index in [1.54, 1.807) is 0 Å². The quantitative estimate of drug-likeness (QED) is 0.903. The second-order valence-electron chi connectivity index (χ2n) is 6.57.